The quantitative estimate of drug-likeness (QED) is 0.539. The Labute approximate surface area is 104 Å². The van der Waals surface area contributed by atoms with E-state index in [1.165, 1.54) is 12.8 Å². The molecule has 1 rings (SSSR count). The number of aromatic hydroxyl groups is 1. The molecule has 1 aromatic carbocycles. The topological polar surface area (TPSA) is 29.5 Å². The summed E-state index contributed by atoms with van der Waals surface area (Å²) >= 11 is 0. The molecule has 94 valence electrons. The van der Waals surface area contributed by atoms with Gasteiger partial charge >= 0.3 is 0 Å². The van der Waals surface area contributed by atoms with Gasteiger partial charge in [-0.2, -0.15) is 0 Å². The van der Waals surface area contributed by atoms with Crippen LogP contribution in [0, 0.1) is 0 Å². The molecule has 0 saturated heterocycles. The number of benzene rings is 1. The van der Waals surface area contributed by atoms with E-state index in [0.29, 0.717) is 5.75 Å². The first-order chi connectivity index (χ1) is 8.29. The molecule has 0 radical (unpaired) electrons. The van der Waals surface area contributed by atoms with E-state index in [0.717, 1.165) is 24.8 Å². The van der Waals surface area contributed by atoms with Crippen LogP contribution in [0.1, 0.15) is 43.8 Å². The number of hydrogen-bond donors (Lipinski definition) is 1. The van der Waals surface area contributed by atoms with Gasteiger partial charge in [-0.25, -0.2) is 0 Å². The standard InChI is InChI=1S/C15H22O2/c1-3-4-5-6-7-12-15(17-2)13-10-8-9-11-14(13)16/h3,8-11,15-16H,1,4-7,12H2,2H3. The van der Waals surface area contributed by atoms with Crippen molar-refractivity contribution in [2.75, 3.05) is 7.11 Å². The van der Waals surface area contributed by atoms with E-state index in [2.05, 4.69) is 6.58 Å². The molecule has 1 unspecified atom stereocenters. The largest absolute Gasteiger partial charge is 0.508 e. The minimum atomic E-state index is -0.0000638. The highest BCUT2D eigenvalue weighted by Gasteiger charge is 2.13. The van der Waals surface area contributed by atoms with Gasteiger partial charge in [0.25, 0.3) is 0 Å². The van der Waals surface area contributed by atoms with Crippen LogP contribution in [0.5, 0.6) is 5.75 Å². The number of unbranched alkanes of at least 4 members (excludes halogenated alkanes) is 3. The van der Waals surface area contributed by atoms with Gasteiger partial charge in [0.15, 0.2) is 0 Å². The van der Waals surface area contributed by atoms with Gasteiger partial charge in [0.05, 0.1) is 6.10 Å². The van der Waals surface area contributed by atoms with E-state index in [9.17, 15) is 5.11 Å². The molecule has 0 bridgehead atoms. The predicted octanol–water partition coefficient (Wildman–Crippen LogP) is 4.22. The van der Waals surface area contributed by atoms with Crippen molar-refractivity contribution < 1.29 is 9.84 Å². The molecule has 0 aliphatic rings. The molecule has 0 fully saturated rings. The van der Waals surface area contributed by atoms with Gasteiger partial charge in [-0.1, -0.05) is 37.1 Å². The smallest absolute Gasteiger partial charge is 0.121 e. The fourth-order valence-electron chi connectivity index (χ4n) is 1.96. The van der Waals surface area contributed by atoms with Crippen molar-refractivity contribution in [1.82, 2.24) is 0 Å². The summed E-state index contributed by atoms with van der Waals surface area (Å²) < 4.78 is 5.44. The normalized spacial score (nSPS) is 12.3. The lowest BCUT2D eigenvalue weighted by Crippen LogP contribution is -2.01. The molecule has 1 N–H and O–H groups in total. The summed E-state index contributed by atoms with van der Waals surface area (Å²) in [5, 5.41) is 9.76. The molecule has 1 aromatic rings. The van der Waals surface area contributed by atoms with Gasteiger partial charge in [0.1, 0.15) is 5.75 Å². The van der Waals surface area contributed by atoms with E-state index in [1.54, 1.807) is 13.2 Å². The second-order valence-electron chi connectivity index (χ2n) is 4.21. The Balaban J connectivity index is 2.43. The molecular formula is C15H22O2. The van der Waals surface area contributed by atoms with Crippen LogP contribution in [-0.4, -0.2) is 12.2 Å². The van der Waals surface area contributed by atoms with E-state index in [1.807, 2.05) is 24.3 Å². The Morgan fingerprint density at radius 1 is 1.29 bits per heavy atom. The monoisotopic (exact) mass is 234 g/mol. The summed E-state index contributed by atoms with van der Waals surface area (Å²) in [5.74, 6) is 0.324. The lowest BCUT2D eigenvalue weighted by atomic mass is 10.0. The summed E-state index contributed by atoms with van der Waals surface area (Å²) in [5.41, 5.74) is 0.888. The highest BCUT2D eigenvalue weighted by molar-refractivity contribution is 5.33. The summed E-state index contributed by atoms with van der Waals surface area (Å²) in [7, 11) is 1.70. The maximum atomic E-state index is 9.76. The van der Waals surface area contributed by atoms with Gasteiger partial charge in [0, 0.05) is 12.7 Å². The van der Waals surface area contributed by atoms with Gasteiger partial charge < -0.3 is 9.84 Å². The number of hydrogen-bond acceptors (Lipinski definition) is 2. The van der Waals surface area contributed by atoms with Crippen LogP contribution in [0.4, 0.5) is 0 Å². The Morgan fingerprint density at radius 3 is 2.71 bits per heavy atom. The zero-order valence-corrected chi connectivity index (χ0v) is 10.6. The molecule has 0 aliphatic heterocycles. The van der Waals surface area contributed by atoms with Gasteiger partial charge in [-0.05, 0) is 25.3 Å². The second kappa shape index (κ2) is 7.91. The maximum Gasteiger partial charge on any atom is 0.121 e. The van der Waals surface area contributed by atoms with Crippen molar-refractivity contribution >= 4 is 0 Å². The molecule has 0 amide bonds. The second-order valence-corrected chi connectivity index (χ2v) is 4.21. The third kappa shape index (κ3) is 4.61. The van der Waals surface area contributed by atoms with Crippen LogP contribution < -0.4 is 0 Å². The van der Waals surface area contributed by atoms with Crippen LogP contribution in [-0.2, 0) is 4.74 Å². The van der Waals surface area contributed by atoms with Gasteiger partial charge in [-0.3, -0.25) is 0 Å². The number of para-hydroxylation sites is 1. The fourth-order valence-corrected chi connectivity index (χ4v) is 1.96. The molecule has 17 heavy (non-hydrogen) atoms. The molecular weight excluding hydrogens is 212 g/mol. The molecule has 0 aliphatic carbocycles. The Morgan fingerprint density at radius 2 is 2.06 bits per heavy atom. The number of methoxy groups -OCH3 is 1. The van der Waals surface area contributed by atoms with E-state index in [-0.39, 0.29) is 6.10 Å². The first-order valence-electron chi connectivity index (χ1n) is 6.21. The zero-order valence-electron chi connectivity index (χ0n) is 10.6. The average molecular weight is 234 g/mol. The third-order valence-corrected chi connectivity index (χ3v) is 2.94. The van der Waals surface area contributed by atoms with Gasteiger partial charge in [0.2, 0.25) is 0 Å². The number of ether oxygens (including phenoxy) is 1. The van der Waals surface area contributed by atoms with Crippen LogP contribution in [0.3, 0.4) is 0 Å². The maximum absolute atomic E-state index is 9.76. The Hall–Kier alpha value is -1.28. The van der Waals surface area contributed by atoms with Crippen molar-refractivity contribution in [3.8, 4) is 5.75 Å². The van der Waals surface area contributed by atoms with Crippen LogP contribution in [0.2, 0.25) is 0 Å². The molecule has 0 spiro atoms. The van der Waals surface area contributed by atoms with Crippen molar-refractivity contribution in [2.24, 2.45) is 0 Å². The molecule has 0 saturated carbocycles. The lowest BCUT2D eigenvalue weighted by Gasteiger charge is -2.16. The van der Waals surface area contributed by atoms with E-state index in [4.69, 9.17) is 4.74 Å². The number of rotatable bonds is 8. The number of phenolic OH excluding ortho intramolecular Hbond substituents is 1. The lowest BCUT2D eigenvalue weighted by molar-refractivity contribution is 0.0909. The highest BCUT2D eigenvalue weighted by Crippen LogP contribution is 2.29. The fraction of sp³-hybridized carbons (Fsp3) is 0.467. The molecule has 2 heteroatoms. The van der Waals surface area contributed by atoms with E-state index < -0.39 is 0 Å². The highest BCUT2D eigenvalue weighted by atomic mass is 16.5. The molecule has 2 nitrogen and oxygen atoms in total. The van der Waals surface area contributed by atoms with Crippen molar-refractivity contribution in [2.45, 2.75) is 38.2 Å². The first-order valence-corrected chi connectivity index (χ1v) is 6.21. The molecule has 0 aromatic heterocycles. The molecule has 0 heterocycles. The molecule has 1 atom stereocenters. The Bertz CT molecular complexity index is 333. The summed E-state index contributed by atoms with van der Waals surface area (Å²) in [6.45, 7) is 3.71. The Kier molecular flexibility index (Phi) is 6.41. The minimum absolute atomic E-state index is 0.0000638. The van der Waals surface area contributed by atoms with Crippen LogP contribution >= 0.6 is 0 Å². The summed E-state index contributed by atoms with van der Waals surface area (Å²) in [6.07, 6.45) is 7.46. The zero-order chi connectivity index (χ0) is 12.5. The number of allylic oxidation sites excluding steroid dienone is 1. The average Bonchev–Trinajstić information content (AvgIpc) is 2.35. The van der Waals surface area contributed by atoms with Crippen molar-refractivity contribution in [3.63, 3.8) is 0 Å². The van der Waals surface area contributed by atoms with Crippen LogP contribution in [0.25, 0.3) is 0 Å². The summed E-state index contributed by atoms with van der Waals surface area (Å²) in [6, 6.07) is 7.39. The van der Waals surface area contributed by atoms with Crippen LogP contribution in [0.15, 0.2) is 36.9 Å². The number of phenols is 1. The summed E-state index contributed by atoms with van der Waals surface area (Å²) in [4.78, 5) is 0. The third-order valence-electron chi connectivity index (χ3n) is 2.94. The first kappa shape index (κ1) is 13.8. The SMILES string of the molecule is C=CCCCCCC(OC)c1ccccc1O. The van der Waals surface area contributed by atoms with Gasteiger partial charge in [-0.15, -0.1) is 6.58 Å². The minimum Gasteiger partial charge on any atom is -0.508 e. The van der Waals surface area contributed by atoms with E-state index >= 15 is 0 Å². The van der Waals surface area contributed by atoms with Crippen molar-refractivity contribution in [1.29, 1.82) is 0 Å². The predicted molar refractivity (Wildman–Crippen MR) is 71.1 cm³/mol. The van der Waals surface area contributed by atoms with Crippen molar-refractivity contribution in [3.05, 3.63) is 42.5 Å².